The molecule has 2 aliphatic rings. The van der Waals surface area contributed by atoms with Crippen LogP contribution in [-0.4, -0.2) is 30.6 Å². The number of nitrogens with zero attached hydrogens (tertiary/aromatic N) is 2. The quantitative estimate of drug-likeness (QED) is 0.846. The first-order valence-electron chi connectivity index (χ1n) is 7.56. The first-order valence-corrected chi connectivity index (χ1v) is 9.27. The topological polar surface area (TPSA) is 91.5 Å². The molecule has 2 heterocycles. The first-order chi connectivity index (χ1) is 11.1. The van der Waals surface area contributed by atoms with Gasteiger partial charge in [0.05, 0.1) is 5.25 Å². The fraction of sp³-hybridized carbons (Fsp3) is 0.467. The summed E-state index contributed by atoms with van der Waals surface area (Å²) in [5, 5.41) is 3.60. The van der Waals surface area contributed by atoms with Gasteiger partial charge in [0.2, 0.25) is 18.5 Å². The van der Waals surface area contributed by atoms with Gasteiger partial charge in [-0.15, -0.1) is 0 Å². The summed E-state index contributed by atoms with van der Waals surface area (Å²) in [7, 11) is -3.23. The molecule has 1 aromatic heterocycles. The monoisotopic (exact) mass is 336 g/mol. The summed E-state index contributed by atoms with van der Waals surface area (Å²) in [6, 6.07) is 5.30. The van der Waals surface area contributed by atoms with Crippen LogP contribution in [0.4, 0.5) is 0 Å². The van der Waals surface area contributed by atoms with E-state index in [1.165, 1.54) is 0 Å². The zero-order valence-electron chi connectivity index (χ0n) is 12.4. The van der Waals surface area contributed by atoms with E-state index in [1.807, 2.05) is 0 Å². The molecule has 1 fully saturated rings. The van der Waals surface area contributed by atoms with Gasteiger partial charge >= 0.3 is 0 Å². The highest BCUT2D eigenvalue weighted by Crippen LogP contribution is 2.35. The Labute approximate surface area is 133 Å². The molecular formula is C15H16N2O5S. The fourth-order valence-electron chi connectivity index (χ4n) is 3.00. The van der Waals surface area contributed by atoms with E-state index in [4.69, 9.17) is 14.0 Å². The molecule has 0 bridgehead atoms. The summed E-state index contributed by atoms with van der Waals surface area (Å²) in [4.78, 5) is 4.21. The van der Waals surface area contributed by atoms with Crippen molar-refractivity contribution in [1.82, 2.24) is 10.1 Å². The van der Waals surface area contributed by atoms with E-state index < -0.39 is 9.84 Å². The summed E-state index contributed by atoms with van der Waals surface area (Å²) >= 11 is 0. The Bertz CT molecular complexity index is 824. The Kier molecular flexibility index (Phi) is 3.48. The molecule has 7 nitrogen and oxygen atoms in total. The Morgan fingerprint density at radius 1 is 1.13 bits per heavy atom. The smallest absolute Gasteiger partial charge is 0.242 e. The van der Waals surface area contributed by atoms with Crippen molar-refractivity contribution in [3.8, 4) is 22.9 Å². The van der Waals surface area contributed by atoms with Gasteiger partial charge in [0.25, 0.3) is 0 Å². The van der Waals surface area contributed by atoms with Crippen LogP contribution < -0.4 is 9.47 Å². The first kappa shape index (κ1) is 14.5. The molecule has 1 aromatic carbocycles. The Morgan fingerprint density at radius 2 is 1.91 bits per heavy atom. The van der Waals surface area contributed by atoms with Gasteiger partial charge in [0.1, 0.15) is 5.75 Å². The molecule has 23 heavy (non-hydrogen) atoms. The molecule has 0 saturated heterocycles. The third-order valence-corrected chi connectivity index (χ3v) is 6.37. The van der Waals surface area contributed by atoms with Crippen LogP contribution in [-0.2, 0) is 15.6 Å². The maximum atomic E-state index is 12.3. The summed E-state index contributed by atoms with van der Waals surface area (Å²) in [6.45, 7) is 0.190. The van der Waals surface area contributed by atoms with Crippen LogP contribution >= 0.6 is 0 Å². The largest absolute Gasteiger partial charge is 0.454 e. The number of aromatic nitrogens is 2. The molecule has 0 unspecified atom stereocenters. The van der Waals surface area contributed by atoms with Gasteiger partial charge in [-0.1, -0.05) is 18.0 Å². The molecule has 1 aliphatic heterocycles. The number of ether oxygens (including phenoxy) is 2. The molecule has 1 saturated carbocycles. The lowest BCUT2D eigenvalue weighted by molar-refractivity contribution is 0.174. The van der Waals surface area contributed by atoms with Crippen molar-refractivity contribution in [3.05, 3.63) is 24.1 Å². The van der Waals surface area contributed by atoms with Gasteiger partial charge in [0.15, 0.2) is 21.3 Å². The van der Waals surface area contributed by atoms with Crippen LogP contribution in [0.25, 0.3) is 11.4 Å². The second kappa shape index (κ2) is 5.52. The predicted octanol–water partition coefficient (Wildman–Crippen LogP) is 2.32. The summed E-state index contributed by atoms with van der Waals surface area (Å²) in [6.07, 6.45) is 3.39. The lowest BCUT2D eigenvalue weighted by Gasteiger charge is -2.07. The number of rotatable bonds is 4. The van der Waals surface area contributed by atoms with Crippen molar-refractivity contribution in [3.63, 3.8) is 0 Å². The van der Waals surface area contributed by atoms with Gasteiger partial charge in [-0.3, -0.25) is 0 Å². The van der Waals surface area contributed by atoms with Crippen molar-refractivity contribution in [2.75, 3.05) is 6.79 Å². The minimum atomic E-state index is -3.23. The third kappa shape index (κ3) is 2.78. The Balaban J connectivity index is 1.55. The number of hydrogen-bond acceptors (Lipinski definition) is 7. The van der Waals surface area contributed by atoms with Crippen LogP contribution in [0.2, 0.25) is 0 Å². The fourth-order valence-corrected chi connectivity index (χ4v) is 4.75. The van der Waals surface area contributed by atoms with E-state index in [0.29, 0.717) is 22.9 Å². The average Bonchev–Trinajstić information content (AvgIpc) is 3.27. The molecule has 2 aromatic rings. The third-order valence-electron chi connectivity index (χ3n) is 4.23. The second-order valence-corrected chi connectivity index (χ2v) is 8.07. The van der Waals surface area contributed by atoms with Crippen LogP contribution in [0.15, 0.2) is 22.7 Å². The zero-order valence-corrected chi connectivity index (χ0v) is 13.2. The predicted molar refractivity (Wildman–Crippen MR) is 80.7 cm³/mol. The molecule has 1 aliphatic carbocycles. The lowest BCUT2D eigenvalue weighted by Crippen LogP contribution is -2.19. The highest BCUT2D eigenvalue weighted by molar-refractivity contribution is 7.91. The maximum Gasteiger partial charge on any atom is 0.242 e. The van der Waals surface area contributed by atoms with E-state index in [-0.39, 0.29) is 23.7 Å². The van der Waals surface area contributed by atoms with Crippen LogP contribution in [0.3, 0.4) is 0 Å². The van der Waals surface area contributed by atoms with Crippen molar-refractivity contribution < 1.29 is 22.4 Å². The molecule has 0 radical (unpaired) electrons. The summed E-state index contributed by atoms with van der Waals surface area (Å²) < 4.78 is 40.4. The molecule has 0 amide bonds. The Hall–Kier alpha value is -2.09. The van der Waals surface area contributed by atoms with Crippen molar-refractivity contribution in [1.29, 1.82) is 0 Å². The van der Waals surface area contributed by atoms with E-state index in [9.17, 15) is 8.42 Å². The molecule has 0 atom stereocenters. The molecular weight excluding hydrogens is 320 g/mol. The summed E-state index contributed by atoms with van der Waals surface area (Å²) in [5.74, 6) is 1.56. The van der Waals surface area contributed by atoms with Crippen LogP contribution in [0.1, 0.15) is 31.6 Å². The number of benzene rings is 1. The van der Waals surface area contributed by atoms with Crippen molar-refractivity contribution in [2.45, 2.75) is 36.7 Å². The van der Waals surface area contributed by atoms with Crippen LogP contribution in [0.5, 0.6) is 11.5 Å². The van der Waals surface area contributed by atoms with E-state index >= 15 is 0 Å². The van der Waals surface area contributed by atoms with Gasteiger partial charge < -0.3 is 14.0 Å². The molecule has 4 rings (SSSR count). The standard InChI is InChI=1S/C15H16N2O5S/c18-23(19,11-3-1-2-4-11)8-14-16-15(17-22-14)10-5-6-12-13(7-10)21-9-20-12/h5-7,11H,1-4,8-9H2. The number of fused-ring (bicyclic) bond motifs is 1. The minimum absolute atomic E-state index is 0.129. The Morgan fingerprint density at radius 3 is 2.74 bits per heavy atom. The highest BCUT2D eigenvalue weighted by atomic mass is 32.2. The normalized spacial score (nSPS) is 17.7. The van der Waals surface area contributed by atoms with Crippen LogP contribution in [0, 0.1) is 0 Å². The van der Waals surface area contributed by atoms with Gasteiger partial charge in [0, 0.05) is 5.56 Å². The molecule has 8 heteroatoms. The van der Waals surface area contributed by atoms with E-state index in [2.05, 4.69) is 10.1 Å². The molecule has 0 spiro atoms. The van der Waals surface area contributed by atoms with E-state index in [0.717, 1.165) is 25.7 Å². The van der Waals surface area contributed by atoms with Gasteiger partial charge in [-0.25, -0.2) is 8.42 Å². The second-order valence-electron chi connectivity index (χ2n) is 5.79. The van der Waals surface area contributed by atoms with E-state index in [1.54, 1.807) is 18.2 Å². The van der Waals surface area contributed by atoms with Crippen molar-refractivity contribution >= 4 is 9.84 Å². The maximum absolute atomic E-state index is 12.3. The zero-order chi connectivity index (χ0) is 15.9. The summed E-state index contributed by atoms with van der Waals surface area (Å²) in [5.41, 5.74) is 0.697. The van der Waals surface area contributed by atoms with Gasteiger partial charge in [-0.05, 0) is 31.0 Å². The van der Waals surface area contributed by atoms with Crippen molar-refractivity contribution in [2.24, 2.45) is 0 Å². The SMILES string of the molecule is O=S(=O)(Cc1nc(-c2ccc3c(c2)OCO3)no1)C1CCCC1. The number of sulfone groups is 1. The molecule has 0 N–H and O–H groups in total. The molecule has 122 valence electrons. The minimum Gasteiger partial charge on any atom is -0.454 e. The average molecular weight is 336 g/mol. The number of hydrogen-bond donors (Lipinski definition) is 0. The highest BCUT2D eigenvalue weighted by Gasteiger charge is 2.30. The van der Waals surface area contributed by atoms with Gasteiger partial charge in [-0.2, -0.15) is 4.98 Å². The lowest BCUT2D eigenvalue weighted by atomic mass is 10.2.